The van der Waals surface area contributed by atoms with Crippen LogP contribution in [0.4, 0.5) is 0 Å². The Balaban J connectivity index is 2.38. The average Bonchev–Trinajstić information content (AvgIpc) is 2.84. The highest BCUT2D eigenvalue weighted by Gasteiger charge is 2.45. The summed E-state index contributed by atoms with van der Waals surface area (Å²) in [6.45, 7) is 12.2. The highest BCUT2D eigenvalue weighted by atomic mass is 28.4. The zero-order valence-electron chi connectivity index (χ0n) is 15.3. The molecule has 0 radical (unpaired) electrons. The van der Waals surface area contributed by atoms with Crippen molar-refractivity contribution < 1.29 is 14.3 Å². The van der Waals surface area contributed by atoms with Gasteiger partial charge >= 0.3 is 5.69 Å². The Hall–Kier alpha value is -1.22. The molecule has 2 heterocycles. The maximum Gasteiger partial charge on any atom is 0.330 e. The van der Waals surface area contributed by atoms with Crippen LogP contribution >= 0.6 is 0 Å². The van der Waals surface area contributed by atoms with Crippen molar-refractivity contribution >= 4 is 8.32 Å². The van der Waals surface area contributed by atoms with E-state index in [1.54, 1.807) is 6.92 Å². The molecule has 24 heavy (non-hydrogen) atoms. The van der Waals surface area contributed by atoms with Gasteiger partial charge in [0, 0.05) is 18.2 Å². The second kappa shape index (κ2) is 6.59. The Kier molecular flexibility index (Phi) is 5.24. The first kappa shape index (κ1) is 19.1. The van der Waals surface area contributed by atoms with E-state index >= 15 is 0 Å². The van der Waals surface area contributed by atoms with Crippen molar-refractivity contribution in [2.45, 2.75) is 70.7 Å². The molecule has 2 rings (SSSR count). The van der Waals surface area contributed by atoms with Gasteiger partial charge in [-0.15, -0.1) is 0 Å². The van der Waals surface area contributed by atoms with Crippen LogP contribution in [0.5, 0.6) is 0 Å². The predicted molar refractivity (Wildman–Crippen MR) is 93.7 cm³/mol. The van der Waals surface area contributed by atoms with Crippen LogP contribution in [-0.4, -0.2) is 41.8 Å². The van der Waals surface area contributed by atoms with Crippen molar-refractivity contribution in [3.05, 3.63) is 32.6 Å². The number of aliphatic hydroxyl groups is 1. The molecule has 1 aliphatic heterocycles. The minimum Gasteiger partial charge on any atom is -0.409 e. The molecule has 8 heteroatoms. The van der Waals surface area contributed by atoms with Gasteiger partial charge in [-0.2, -0.15) is 0 Å². The maximum atomic E-state index is 12.2. The van der Waals surface area contributed by atoms with Crippen molar-refractivity contribution in [3.63, 3.8) is 0 Å². The number of hydrogen-bond acceptors (Lipinski definition) is 5. The smallest absolute Gasteiger partial charge is 0.330 e. The summed E-state index contributed by atoms with van der Waals surface area (Å²) in [5, 5.41) is 9.47. The van der Waals surface area contributed by atoms with E-state index in [9.17, 15) is 14.7 Å². The van der Waals surface area contributed by atoms with Crippen LogP contribution in [0.2, 0.25) is 18.1 Å². The Morgan fingerprint density at radius 1 is 1.42 bits per heavy atom. The number of aliphatic hydroxyl groups excluding tert-OH is 1. The van der Waals surface area contributed by atoms with Gasteiger partial charge in [0.05, 0.1) is 18.8 Å². The van der Waals surface area contributed by atoms with E-state index in [1.807, 2.05) is 0 Å². The van der Waals surface area contributed by atoms with Gasteiger partial charge in [0.25, 0.3) is 5.56 Å². The standard InChI is InChI=1S/C16H28N2O5Si/c1-10-8-18(15(21)17-13(10)20)14-12(7-11(9-19)22-14)23-24(5,6)16(2,3)4/h8,11-12,14,19H,7,9H2,1-6H3,(H,17,20,21)/t11-,12?,14+/m0/s1. The van der Waals surface area contributed by atoms with Crippen molar-refractivity contribution in [2.75, 3.05) is 6.61 Å². The molecular formula is C16H28N2O5Si. The fourth-order valence-electron chi connectivity index (χ4n) is 2.51. The summed E-state index contributed by atoms with van der Waals surface area (Å²) >= 11 is 0. The first-order chi connectivity index (χ1) is 11.0. The lowest BCUT2D eigenvalue weighted by atomic mass is 10.2. The number of rotatable bonds is 4. The lowest BCUT2D eigenvalue weighted by Crippen LogP contribution is -2.46. The number of hydrogen-bond donors (Lipinski definition) is 2. The van der Waals surface area contributed by atoms with Gasteiger partial charge in [0.15, 0.2) is 14.5 Å². The molecular weight excluding hydrogens is 328 g/mol. The lowest BCUT2D eigenvalue weighted by Gasteiger charge is -2.39. The highest BCUT2D eigenvalue weighted by molar-refractivity contribution is 6.74. The third-order valence-electron chi connectivity index (χ3n) is 5.02. The van der Waals surface area contributed by atoms with E-state index in [-0.39, 0.29) is 23.9 Å². The first-order valence-electron chi connectivity index (χ1n) is 8.22. The number of aromatic amines is 1. The van der Waals surface area contributed by atoms with E-state index < -0.39 is 25.8 Å². The molecule has 0 aliphatic carbocycles. The molecule has 1 aromatic rings. The van der Waals surface area contributed by atoms with E-state index in [2.05, 4.69) is 38.8 Å². The first-order valence-corrected chi connectivity index (χ1v) is 11.1. The van der Waals surface area contributed by atoms with E-state index in [0.29, 0.717) is 12.0 Å². The summed E-state index contributed by atoms with van der Waals surface area (Å²) in [6, 6.07) is 0. The minimum absolute atomic E-state index is 0.0146. The fraction of sp³-hybridized carbons (Fsp3) is 0.750. The van der Waals surface area contributed by atoms with Crippen molar-refractivity contribution in [1.82, 2.24) is 9.55 Å². The lowest BCUT2D eigenvalue weighted by molar-refractivity contribution is -0.0504. The third-order valence-corrected chi connectivity index (χ3v) is 9.53. The van der Waals surface area contributed by atoms with Crippen LogP contribution in [0.3, 0.4) is 0 Å². The van der Waals surface area contributed by atoms with Gasteiger partial charge < -0.3 is 14.3 Å². The molecule has 0 aromatic carbocycles. The van der Waals surface area contributed by atoms with Crippen LogP contribution in [0.25, 0.3) is 0 Å². The van der Waals surface area contributed by atoms with E-state index in [0.717, 1.165) is 0 Å². The Bertz CT molecular complexity index is 704. The fourth-order valence-corrected chi connectivity index (χ4v) is 3.84. The van der Waals surface area contributed by atoms with Gasteiger partial charge in [-0.25, -0.2) is 4.79 Å². The number of H-pyrrole nitrogens is 1. The van der Waals surface area contributed by atoms with Gasteiger partial charge in [0.1, 0.15) is 0 Å². The van der Waals surface area contributed by atoms with Crippen LogP contribution in [0, 0.1) is 6.92 Å². The second-order valence-corrected chi connectivity index (χ2v) is 12.7. The predicted octanol–water partition coefficient (Wildman–Crippen LogP) is 1.52. The molecule has 2 N–H and O–H groups in total. The maximum absolute atomic E-state index is 12.2. The average molecular weight is 356 g/mol. The SMILES string of the molecule is Cc1cn([C@@H]2O[C@H](CO)CC2O[Si](C)(C)C(C)(C)C)c(=O)[nH]c1=O. The molecule has 3 atom stereocenters. The zero-order chi connectivity index (χ0) is 18.3. The van der Waals surface area contributed by atoms with Gasteiger partial charge in [0.2, 0.25) is 0 Å². The van der Waals surface area contributed by atoms with Gasteiger partial charge in [-0.1, -0.05) is 20.8 Å². The zero-order valence-corrected chi connectivity index (χ0v) is 16.3. The summed E-state index contributed by atoms with van der Waals surface area (Å²) in [4.78, 5) is 26.1. The molecule has 0 bridgehead atoms. The molecule has 0 saturated carbocycles. The number of nitrogens with one attached hydrogen (secondary N) is 1. The van der Waals surface area contributed by atoms with Gasteiger partial charge in [-0.3, -0.25) is 14.3 Å². The monoisotopic (exact) mass is 356 g/mol. The number of aryl methyl sites for hydroxylation is 1. The summed E-state index contributed by atoms with van der Waals surface area (Å²) in [7, 11) is -2.08. The summed E-state index contributed by atoms with van der Waals surface area (Å²) in [5.74, 6) is 0. The van der Waals surface area contributed by atoms with E-state index in [1.165, 1.54) is 10.8 Å². The molecule has 1 fully saturated rings. The quantitative estimate of drug-likeness (QED) is 0.798. The number of ether oxygens (including phenoxy) is 1. The number of nitrogens with zero attached hydrogens (tertiary/aromatic N) is 1. The van der Waals surface area contributed by atoms with Crippen LogP contribution in [0.15, 0.2) is 15.8 Å². The molecule has 7 nitrogen and oxygen atoms in total. The highest BCUT2D eigenvalue weighted by Crippen LogP contribution is 2.41. The van der Waals surface area contributed by atoms with Crippen LogP contribution in [0.1, 0.15) is 39.0 Å². The molecule has 1 aromatic heterocycles. The third kappa shape index (κ3) is 3.71. The Labute approximate surface area is 142 Å². The minimum atomic E-state index is -2.08. The largest absolute Gasteiger partial charge is 0.409 e. The molecule has 1 saturated heterocycles. The number of aromatic nitrogens is 2. The summed E-state index contributed by atoms with van der Waals surface area (Å²) < 4.78 is 13.6. The van der Waals surface area contributed by atoms with Crippen molar-refractivity contribution in [1.29, 1.82) is 0 Å². The topological polar surface area (TPSA) is 93.6 Å². The normalized spacial score (nSPS) is 25.2. The Morgan fingerprint density at radius 2 is 2.04 bits per heavy atom. The molecule has 0 spiro atoms. The van der Waals surface area contributed by atoms with Crippen molar-refractivity contribution in [2.24, 2.45) is 0 Å². The van der Waals surface area contributed by atoms with Crippen LogP contribution < -0.4 is 11.2 Å². The van der Waals surface area contributed by atoms with Gasteiger partial charge in [-0.05, 0) is 25.1 Å². The molecule has 136 valence electrons. The second-order valence-electron chi connectivity index (χ2n) is 7.96. The summed E-state index contributed by atoms with van der Waals surface area (Å²) in [5.41, 5.74) is -0.510. The summed E-state index contributed by atoms with van der Waals surface area (Å²) in [6.07, 6.45) is 0.626. The Morgan fingerprint density at radius 3 is 2.58 bits per heavy atom. The van der Waals surface area contributed by atoms with Crippen LogP contribution in [-0.2, 0) is 9.16 Å². The molecule has 1 aliphatic rings. The molecule has 0 amide bonds. The van der Waals surface area contributed by atoms with Crippen molar-refractivity contribution in [3.8, 4) is 0 Å². The molecule has 1 unspecified atom stereocenters. The van der Waals surface area contributed by atoms with E-state index in [4.69, 9.17) is 9.16 Å².